The van der Waals surface area contributed by atoms with Crippen molar-refractivity contribution in [1.82, 2.24) is 10.2 Å². The molecular formula is C13H18FN3O. The molecule has 1 aliphatic rings. The van der Waals surface area contributed by atoms with Crippen LogP contribution in [-0.2, 0) is 0 Å². The summed E-state index contributed by atoms with van der Waals surface area (Å²) in [6.07, 6.45) is 0.890. The molecule has 1 aromatic rings. The molecule has 0 radical (unpaired) electrons. The Morgan fingerprint density at radius 3 is 2.78 bits per heavy atom. The van der Waals surface area contributed by atoms with Gasteiger partial charge in [0.2, 0.25) is 0 Å². The van der Waals surface area contributed by atoms with Gasteiger partial charge in [-0.3, -0.25) is 0 Å². The van der Waals surface area contributed by atoms with Crippen LogP contribution in [0.25, 0.3) is 0 Å². The van der Waals surface area contributed by atoms with E-state index in [-0.39, 0.29) is 17.8 Å². The molecule has 1 aliphatic heterocycles. The van der Waals surface area contributed by atoms with Crippen molar-refractivity contribution in [2.75, 3.05) is 25.0 Å². The highest BCUT2D eigenvalue weighted by Crippen LogP contribution is 2.15. The van der Waals surface area contributed by atoms with E-state index in [2.05, 4.69) is 10.6 Å². The number of carbonyl (C=O) groups excluding carboxylic acids is 1. The predicted octanol–water partition coefficient (Wildman–Crippen LogP) is 2.04. The van der Waals surface area contributed by atoms with E-state index in [0.717, 1.165) is 19.5 Å². The summed E-state index contributed by atoms with van der Waals surface area (Å²) >= 11 is 0. The minimum atomic E-state index is -0.408. The van der Waals surface area contributed by atoms with Crippen LogP contribution in [0.4, 0.5) is 14.9 Å². The van der Waals surface area contributed by atoms with E-state index in [0.29, 0.717) is 6.54 Å². The molecule has 5 heteroatoms. The molecule has 0 bridgehead atoms. The van der Waals surface area contributed by atoms with E-state index in [9.17, 15) is 9.18 Å². The normalized spacial score (nSPS) is 15.0. The lowest BCUT2D eigenvalue weighted by Crippen LogP contribution is -2.59. The summed E-state index contributed by atoms with van der Waals surface area (Å²) < 4.78 is 13.5. The highest BCUT2D eigenvalue weighted by Gasteiger charge is 2.28. The van der Waals surface area contributed by atoms with Gasteiger partial charge in [-0.05, 0) is 18.6 Å². The third kappa shape index (κ3) is 2.79. The zero-order valence-corrected chi connectivity index (χ0v) is 10.4. The molecule has 4 nitrogen and oxygen atoms in total. The lowest BCUT2D eigenvalue weighted by molar-refractivity contribution is 0.161. The Labute approximate surface area is 106 Å². The predicted molar refractivity (Wildman–Crippen MR) is 69.1 cm³/mol. The third-order valence-electron chi connectivity index (χ3n) is 3.04. The Morgan fingerprint density at radius 1 is 1.50 bits per heavy atom. The minimum Gasteiger partial charge on any atom is -0.319 e. The summed E-state index contributed by atoms with van der Waals surface area (Å²) in [5, 5.41) is 5.76. The Balaban J connectivity index is 2.02. The Hall–Kier alpha value is -1.62. The molecule has 2 rings (SSSR count). The molecule has 0 aromatic heterocycles. The molecule has 0 saturated carbocycles. The quantitative estimate of drug-likeness (QED) is 0.860. The maximum absolute atomic E-state index is 13.5. The van der Waals surface area contributed by atoms with Gasteiger partial charge in [0, 0.05) is 19.6 Å². The van der Waals surface area contributed by atoms with Gasteiger partial charge in [-0.25, -0.2) is 9.18 Å². The van der Waals surface area contributed by atoms with Crippen LogP contribution in [0.1, 0.15) is 13.3 Å². The summed E-state index contributed by atoms with van der Waals surface area (Å²) in [6.45, 7) is 4.33. The number of amides is 2. The lowest BCUT2D eigenvalue weighted by Gasteiger charge is -2.38. The van der Waals surface area contributed by atoms with Gasteiger partial charge in [-0.1, -0.05) is 19.1 Å². The van der Waals surface area contributed by atoms with Crippen molar-refractivity contribution in [1.29, 1.82) is 0 Å². The zero-order valence-electron chi connectivity index (χ0n) is 10.4. The average Bonchev–Trinajstić information content (AvgIpc) is 2.29. The van der Waals surface area contributed by atoms with Gasteiger partial charge >= 0.3 is 6.03 Å². The average molecular weight is 251 g/mol. The second-order valence-corrected chi connectivity index (χ2v) is 4.42. The van der Waals surface area contributed by atoms with E-state index in [1.54, 1.807) is 23.1 Å². The summed E-state index contributed by atoms with van der Waals surface area (Å²) in [4.78, 5) is 13.9. The number of carbonyl (C=O) groups is 1. The molecule has 2 amide bonds. The molecule has 2 N–H and O–H groups in total. The maximum atomic E-state index is 13.5. The van der Waals surface area contributed by atoms with Crippen LogP contribution >= 0.6 is 0 Å². The van der Waals surface area contributed by atoms with E-state index in [1.807, 2.05) is 6.92 Å². The van der Waals surface area contributed by atoms with Gasteiger partial charge in [0.05, 0.1) is 11.7 Å². The number of para-hydroxylation sites is 1. The Bertz CT molecular complexity index is 420. The number of hydrogen-bond acceptors (Lipinski definition) is 2. The van der Waals surface area contributed by atoms with Crippen LogP contribution in [0.5, 0.6) is 0 Å². The van der Waals surface area contributed by atoms with Crippen LogP contribution in [0.15, 0.2) is 24.3 Å². The number of benzene rings is 1. The summed E-state index contributed by atoms with van der Waals surface area (Å²) in [7, 11) is 0. The molecule has 1 heterocycles. The standard InChI is InChI=1S/C13H18FN3O/c1-2-7-17(10-8-15-9-10)13(18)16-12-6-4-3-5-11(12)14/h3-6,10,15H,2,7-9H2,1H3,(H,16,18). The van der Waals surface area contributed by atoms with E-state index in [4.69, 9.17) is 0 Å². The molecule has 1 aromatic carbocycles. The summed E-state index contributed by atoms with van der Waals surface area (Å²) in [5.74, 6) is -0.408. The second kappa shape index (κ2) is 5.82. The number of nitrogens with one attached hydrogen (secondary N) is 2. The van der Waals surface area contributed by atoms with Gasteiger partial charge in [0.15, 0.2) is 0 Å². The molecule has 0 aliphatic carbocycles. The van der Waals surface area contributed by atoms with E-state index >= 15 is 0 Å². The fraction of sp³-hybridized carbons (Fsp3) is 0.462. The van der Waals surface area contributed by atoms with Gasteiger partial charge in [0.25, 0.3) is 0 Å². The monoisotopic (exact) mass is 251 g/mol. The van der Waals surface area contributed by atoms with Gasteiger partial charge < -0.3 is 15.5 Å². The first-order chi connectivity index (χ1) is 8.72. The van der Waals surface area contributed by atoms with Crippen molar-refractivity contribution in [2.45, 2.75) is 19.4 Å². The van der Waals surface area contributed by atoms with Crippen molar-refractivity contribution in [2.24, 2.45) is 0 Å². The lowest BCUT2D eigenvalue weighted by atomic mass is 10.1. The number of hydrogen-bond donors (Lipinski definition) is 2. The molecule has 0 spiro atoms. The highest BCUT2D eigenvalue weighted by molar-refractivity contribution is 5.89. The van der Waals surface area contributed by atoms with Gasteiger partial charge in [0.1, 0.15) is 5.82 Å². The van der Waals surface area contributed by atoms with Gasteiger partial charge in [-0.2, -0.15) is 0 Å². The first kappa shape index (κ1) is 12.8. The first-order valence-corrected chi connectivity index (χ1v) is 6.25. The fourth-order valence-corrected chi connectivity index (χ4v) is 1.93. The maximum Gasteiger partial charge on any atom is 0.322 e. The molecule has 98 valence electrons. The van der Waals surface area contributed by atoms with Crippen molar-refractivity contribution >= 4 is 11.7 Å². The summed E-state index contributed by atoms with van der Waals surface area (Å²) in [6, 6.07) is 6.20. The number of halogens is 1. The minimum absolute atomic E-state index is 0.219. The van der Waals surface area contributed by atoms with Crippen LogP contribution in [0, 0.1) is 5.82 Å². The number of nitrogens with zero attached hydrogens (tertiary/aromatic N) is 1. The van der Waals surface area contributed by atoms with Crippen molar-refractivity contribution in [3.05, 3.63) is 30.1 Å². The van der Waals surface area contributed by atoms with Crippen molar-refractivity contribution < 1.29 is 9.18 Å². The first-order valence-electron chi connectivity index (χ1n) is 6.25. The summed E-state index contributed by atoms with van der Waals surface area (Å²) in [5.41, 5.74) is 0.232. The smallest absolute Gasteiger partial charge is 0.319 e. The largest absolute Gasteiger partial charge is 0.322 e. The topological polar surface area (TPSA) is 44.4 Å². The third-order valence-corrected chi connectivity index (χ3v) is 3.04. The fourth-order valence-electron chi connectivity index (χ4n) is 1.93. The highest BCUT2D eigenvalue weighted by atomic mass is 19.1. The van der Waals surface area contributed by atoms with Crippen LogP contribution in [0.3, 0.4) is 0 Å². The molecule has 0 atom stereocenters. The van der Waals surface area contributed by atoms with Crippen LogP contribution in [0.2, 0.25) is 0 Å². The van der Waals surface area contributed by atoms with Gasteiger partial charge in [-0.15, -0.1) is 0 Å². The number of rotatable bonds is 4. The number of urea groups is 1. The second-order valence-electron chi connectivity index (χ2n) is 4.42. The Kier molecular flexibility index (Phi) is 4.15. The number of anilines is 1. The molecule has 0 unspecified atom stereocenters. The van der Waals surface area contributed by atoms with Crippen LogP contribution in [-0.4, -0.2) is 36.6 Å². The van der Waals surface area contributed by atoms with Crippen molar-refractivity contribution in [3.8, 4) is 0 Å². The van der Waals surface area contributed by atoms with Crippen molar-refractivity contribution in [3.63, 3.8) is 0 Å². The molecular weight excluding hydrogens is 233 g/mol. The SMILES string of the molecule is CCCN(C(=O)Nc1ccccc1F)C1CNC1. The van der Waals surface area contributed by atoms with Crippen LogP contribution < -0.4 is 10.6 Å². The van der Waals surface area contributed by atoms with E-state index < -0.39 is 5.82 Å². The molecule has 1 saturated heterocycles. The molecule has 18 heavy (non-hydrogen) atoms. The molecule has 1 fully saturated rings. The Morgan fingerprint density at radius 2 is 2.22 bits per heavy atom. The van der Waals surface area contributed by atoms with E-state index in [1.165, 1.54) is 6.07 Å². The zero-order chi connectivity index (χ0) is 13.0.